The molecule has 0 aliphatic rings. The topological polar surface area (TPSA) is 87.5 Å². The van der Waals surface area contributed by atoms with Gasteiger partial charge < -0.3 is 20.1 Å². The summed E-state index contributed by atoms with van der Waals surface area (Å²) in [7, 11) is 0. The Hall–Kier alpha value is -2.83. The first-order chi connectivity index (χ1) is 12.0. The number of carbonyl (C=O) groups excluding carboxylic acids is 2. The normalized spacial score (nSPS) is 10.4. The first-order valence-electron chi connectivity index (χ1n) is 8.39. The monoisotopic (exact) mass is 344 g/mol. The van der Waals surface area contributed by atoms with E-state index in [9.17, 15) is 9.59 Å². The number of carbonyl (C=O) groups is 2. The van der Waals surface area contributed by atoms with Crippen molar-refractivity contribution in [1.82, 2.24) is 10.1 Å². The molecule has 0 spiro atoms. The Morgan fingerprint density at radius 2 is 2.00 bits per heavy atom. The highest BCUT2D eigenvalue weighted by Crippen LogP contribution is 2.12. The van der Waals surface area contributed by atoms with Gasteiger partial charge in [0, 0.05) is 18.3 Å². The molecule has 134 valence electrons. The lowest BCUT2D eigenvalue weighted by atomic mass is 10.1. The maximum absolute atomic E-state index is 12.5. The Morgan fingerprint density at radius 3 is 2.64 bits per heavy atom. The molecule has 1 heterocycles. The van der Waals surface area contributed by atoms with Gasteiger partial charge in [0.25, 0.3) is 0 Å². The van der Waals surface area contributed by atoms with Crippen molar-refractivity contribution in [3.8, 4) is 0 Å². The van der Waals surface area contributed by atoms with Gasteiger partial charge in [0.15, 0.2) is 5.82 Å². The molecule has 7 heteroatoms. The summed E-state index contributed by atoms with van der Waals surface area (Å²) in [6, 6.07) is 8.99. The van der Waals surface area contributed by atoms with Crippen molar-refractivity contribution >= 4 is 23.4 Å². The summed E-state index contributed by atoms with van der Waals surface area (Å²) >= 11 is 0. The van der Waals surface area contributed by atoms with Crippen molar-refractivity contribution in [1.29, 1.82) is 0 Å². The van der Waals surface area contributed by atoms with E-state index in [-0.39, 0.29) is 18.5 Å². The summed E-state index contributed by atoms with van der Waals surface area (Å²) in [4.78, 5) is 26.1. The molecule has 0 unspecified atom stereocenters. The van der Waals surface area contributed by atoms with E-state index in [1.165, 1.54) is 4.90 Å². The lowest BCUT2D eigenvalue weighted by Gasteiger charge is -2.22. The van der Waals surface area contributed by atoms with Crippen LogP contribution in [0.25, 0.3) is 0 Å². The van der Waals surface area contributed by atoms with Gasteiger partial charge >= 0.3 is 6.03 Å². The average molecular weight is 344 g/mol. The molecular weight excluding hydrogens is 320 g/mol. The quantitative estimate of drug-likeness (QED) is 0.805. The van der Waals surface area contributed by atoms with Crippen molar-refractivity contribution in [2.75, 3.05) is 23.7 Å². The van der Waals surface area contributed by atoms with Crippen molar-refractivity contribution in [2.45, 2.75) is 33.6 Å². The highest BCUT2D eigenvalue weighted by Gasteiger charge is 2.17. The standard InChI is InChI=1S/C18H24N4O3/c1-4-9-22(12-17(23)20-16-10-13(3)25-21-16)18(24)19-15-8-6-7-14(5-2)11-15/h6-8,10-11H,4-5,9,12H2,1-3H3,(H,19,24)(H,20,21,23). The fraction of sp³-hybridized carbons (Fsp3) is 0.389. The number of nitrogens with zero attached hydrogens (tertiary/aromatic N) is 2. The molecule has 1 aromatic carbocycles. The van der Waals surface area contributed by atoms with E-state index in [4.69, 9.17) is 4.52 Å². The van der Waals surface area contributed by atoms with E-state index in [1.54, 1.807) is 13.0 Å². The largest absolute Gasteiger partial charge is 0.360 e. The second kappa shape index (κ2) is 8.86. The SMILES string of the molecule is CCCN(CC(=O)Nc1cc(C)on1)C(=O)Nc1cccc(CC)c1. The Kier molecular flexibility index (Phi) is 6.56. The van der Waals surface area contributed by atoms with Crippen LogP contribution in [0.5, 0.6) is 0 Å². The van der Waals surface area contributed by atoms with Crippen molar-refractivity contribution < 1.29 is 14.1 Å². The molecule has 3 amide bonds. The van der Waals surface area contributed by atoms with Crippen LogP contribution in [0.2, 0.25) is 0 Å². The predicted octanol–water partition coefficient (Wildman–Crippen LogP) is 3.43. The van der Waals surface area contributed by atoms with Crippen LogP contribution >= 0.6 is 0 Å². The Balaban J connectivity index is 1.97. The molecular formula is C18H24N4O3. The third-order valence-electron chi connectivity index (χ3n) is 3.60. The molecule has 1 aromatic heterocycles. The predicted molar refractivity (Wildman–Crippen MR) is 96.6 cm³/mol. The zero-order chi connectivity index (χ0) is 18.2. The molecule has 0 aliphatic carbocycles. The zero-order valence-electron chi connectivity index (χ0n) is 14.8. The first-order valence-corrected chi connectivity index (χ1v) is 8.39. The van der Waals surface area contributed by atoms with E-state index >= 15 is 0 Å². The summed E-state index contributed by atoms with van der Waals surface area (Å²) in [6.07, 6.45) is 1.64. The molecule has 0 fully saturated rings. The van der Waals surface area contributed by atoms with Crippen molar-refractivity contribution in [2.24, 2.45) is 0 Å². The molecule has 0 bridgehead atoms. The minimum Gasteiger partial charge on any atom is -0.360 e. The molecule has 2 aromatic rings. The van der Waals surface area contributed by atoms with Crippen LogP contribution < -0.4 is 10.6 Å². The summed E-state index contributed by atoms with van der Waals surface area (Å²) in [5, 5.41) is 9.19. The second-order valence-electron chi connectivity index (χ2n) is 5.78. The number of hydrogen-bond acceptors (Lipinski definition) is 4. The molecule has 25 heavy (non-hydrogen) atoms. The molecule has 0 aliphatic heterocycles. The van der Waals surface area contributed by atoms with E-state index in [0.717, 1.165) is 24.1 Å². The van der Waals surface area contributed by atoms with Crippen LogP contribution in [0.4, 0.5) is 16.3 Å². The number of aryl methyl sites for hydroxylation is 2. The van der Waals surface area contributed by atoms with E-state index < -0.39 is 0 Å². The van der Waals surface area contributed by atoms with Crippen LogP contribution in [-0.2, 0) is 11.2 Å². The molecule has 0 saturated heterocycles. The van der Waals surface area contributed by atoms with Gasteiger partial charge in [-0.3, -0.25) is 4.79 Å². The van der Waals surface area contributed by atoms with Crippen molar-refractivity contribution in [3.63, 3.8) is 0 Å². The van der Waals surface area contributed by atoms with Gasteiger partial charge in [-0.2, -0.15) is 0 Å². The Morgan fingerprint density at radius 1 is 1.20 bits per heavy atom. The molecule has 0 saturated carbocycles. The van der Waals surface area contributed by atoms with Crippen LogP contribution in [0.15, 0.2) is 34.9 Å². The van der Waals surface area contributed by atoms with Crippen LogP contribution in [0, 0.1) is 6.92 Å². The van der Waals surface area contributed by atoms with E-state index in [2.05, 4.69) is 22.7 Å². The minimum atomic E-state index is -0.320. The molecule has 0 atom stereocenters. The maximum atomic E-state index is 12.5. The fourth-order valence-electron chi connectivity index (χ4n) is 2.37. The summed E-state index contributed by atoms with van der Waals surface area (Å²) < 4.78 is 4.91. The van der Waals surface area contributed by atoms with Crippen LogP contribution in [0.1, 0.15) is 31.6 Å². The Labute approximate surface area is 147 Å². The molecule has 0 radical (unpaired) electrons. The van der Waals surface area contributed by atoms with E-state index in [1.807, 2.05) is 31.2 Å². The van der Waals surface area contributed by atoms with Gasteiger partial charge in [0.1, 0.15) is 12.3 Å². The lowest BCUT2D eigenvalue weighted by Crippen LogP contribution is -2.41. The summed E-state index contributed by atoms with van der Waals surface area (Å²) in [6.45, 7) is 6.17. The van der Waals surface area contributed by atoms with Crippen LogP contribution in [0.3, 0.4) is 0 Å². The smallest absolute Gasteiger partial charge is 0.322 e. The summed E-state index contributed by atoms with van der Waals surface area (Å²) in [5.41, 5.74) is 1.86. The van der Waals surface area contributed by atoms with Gasteiger partial charge in [-0.15, -0.1) is 0 Å². The number of aromatic nitrogens is 1. The highest BCUT2D eigenvalue weighted by atomic mass is 16.5. The van der Waals surface area contributed by atoms with Gasteiger partial charge in [0.2, 0.25) is 5.91 Å². The maximum Gasteiger partial charge on any atom is 0.322 e. The lowest BCUT2D eigenvalue weighted by molar-refractivity contribution is -0.116. The number of hydrogen-bond donors (Lipinski definition) is 2. The third-order valence-corrected chi connectivity index (χ3v) is 3.60. The average Bonchev–Trinajstić information content (AvgIpc) is 2.99. The zero-order valence-corrected chi connectivity index (χ0v) is 14.8. The fourth-order valence-corrected chi connectivity index (χ4v) is 2.37. The Bertz CT molecular complexity index is 727. The second-order valence-corrected chi connectivity index (χ2v) is 5.78. The minimum absolute atomic E-state index is 0.0565. The molecule has 7 nitrogen and oxygen atoms in total. The van der Waals surface area contributed by atoms with Crippen LogP contribution in [-0.4, -0.2) is 35.1 Å². The number of amides is 3. The number of urea groups is 1. The van der Waals surface area contributed by atoms with Gasteiger partial charge in [-0.1, -0.05) is 31.1 Å². The van der Waals surface area contributed by atoms with Gasteiger partial charge in [-0.05, 0) is 37.5 Å². The third kappa shape index (κ3) is 5.63. The van der Waals surface area contributed by atoms with Gasteiger partial charge in [-0.25, -0.2) is 4.79 Å². The van der Waals surface area contributed by atoms with Crippen molar-refractivity contribution in [3.05, 3.63) is 41.7 Å². The number of nitrogens with one attached hydrogen (secondary N) is 2. The molecule has 2 rings (SSSR count). The highest BCUT2D eigenvalue weighted by molar-refractivity contribution is 5.96. The first kappa shape index (κ1) is 18.5. The number of anilines is 2. The van der Waals surface area contributed by atoms with E-state index in [0.29, 0.717) is 18.1 Å². The van der Waals surface area contributed by atoms with Gasteiger partial charge in [0.05, 0.1) is 0 Å². The summed E-state index contributed by atoms with van der Waals surface area (Å²) in [5.74, 6) is 0.628. The number of benzene rings is 1. The molecule has 2 N–H and O–H groups in total. The number of rotatable bonds is 7.